The average molecular weight is 365 g/mol. The second-order valence-corrected chi connectivity index (χ2v) is 6.96. The number of nitrogens with one attached hydrogen (secondary N) is 1. The third kappa shape index (κ3) is 4.62. The Kier molecular flexibility index (Phi) is 5.69. The number of rotatable bonds is 4. The molecule has 1 fully saturated rings. The van der Waals surface area contributed by atoms with Crippen LogP contribution in [0.5, 0.6) is 5.75 Å². The summed E-state index contributed by atoms with van der Waals surface area (Å²) in [6.45, 7) is 5.68. The molecule has 1 aromatic carbocycles. The third-order valence-corrected chi connectivity index (χ3v) is 3.84. The lowest BCUT2D eigenvalue weighted by Gasteiger charge is -2.28. The van der Waals surface area contributed by atoms with Crippen molar-refractivity contribution >= 4 is 23.4 Å². The molecule has 1 N–H and O–H groups in total. The van der Waals surface area contributed by atoms with Crippen molar-refractivity contribution < 1.29 is 24.0 Å². The summed E-state index contributed by atoms with van der Waals surface area (Å²) < 4.78 is 10.5. The summed E-state index contributed by atoms with van der Waals surface area (Å²) in [6.07, 6.45) is 0.604. The number of nitrogens with zero attached hydrogens (tertiary/aromatic N) is 2. The minimum Gasteiger partial charge on any atom is -0.495 e. The van der Waals surface area contributed by atoms with Crippen molar-refractivity contribution in [3.05, 3.63) is 28.3 Å². The van der Waals surface area contributed by atoms with E-state index in [1.165, 1.54) is 30.2 Å². The third-order valence-electron chi connectivity index (χ3n) is 3.84. The Balaban J connectivity index is 2.17. The number of ether oxygens (including phenoxy) is 2. The van der Waals surface area contributed by atoms with Gasteiger partial charge in [-0.15, -0.1) is 0 Å². The van der Waals surface area contributed by atoms with Crippen molar-refractivity contribution in [1.29, 1.82) is 0 Å². The lowest BCUT2D eigenvalue weighted by atomic mass is 10.2. The van der Waals surface area contributed by atoms with Crippen LogP contribution in [0.15, 0.2) is 18.2 Å². The minimum atomic E-state index is -0.700. The van der Waals surface area contributed by atoms with E-state index in [1.54, 1.807) is 20.8 Å². The smallest absolute Gasteiger partial charge is 0.410 e. The molecule has 2 rings (SSSR count). The summed E-state index contributed by atoms with van der Waals surface area (Å²) >= 11 is 0. The number of hydrogen-bond donors (Lipinski definition) is 1. The Morgan fingerprint density at radius 1 is 1.35 bits per heavy atom. The molecule has 1 saturated heterocycles. The molecule has 1 aliphatic heterocycles. The molecule has 0 spiro atoms. The van der Waals surface area contributed by atoms with Crippen LogP contribution in [0.1, 0.15) is 33.6 Å². The summed E-state index contributed by atoms with van der Waals surface area (Å²) in [6, 6.07) is 3.23. The first-order valence-electron chi connectivity index (χ1n) is 8.25. The summed E-state index contributed by atoms with van der Waals surface area (Å²) in [4.78, 5) is 36.7. The number of hydrogen-bond acceptors (Lipinski definition) is 6. The van der Waals surface area contributed by atoms with E-state index in [4.69, 9.17) is 9.47 Å². The fourth-order valence-electron chi connectivity index (χ4n) is 2.70. The number of methoxy groups -OCH3 is 1. The number of likely N-dealkylation sites (tertiary alicyclic amines) is 1. The van der Waals surface area contributed by atoms with Crippen LogP contribution >= 0.6 is 0 Å². The first kappa shape index (κ1) is 19.5. The van der Waals surface area contributed by atoms with Gasteiger partial charge in [-0.25, -0.2) is 4.79 Å². The van der Waals surface area contributed by atoms with Crippen LogP contribution < -0.4 is 10.1 Å². The zero-order chi connectivity index (χ0) is 19.5. The molecule has 26 heavy (non-hydrogen) atoms. The fourth-order valence-corrected chi connectivity index (χ4v) is 2.70. The zero-order valence-electron chi connectivity index (χ0n) is 15.3. The van der Waals surface area contributed by atoms with Crippen molar-refractivity contribution in [2.45, 2.75) is 45.3 Å². The monoisotopic (exact) mass is 365 g/mol. The predicted octanol–water partition coefficient (Wildman–Crippen LogP) is 2.94. The van der Waals surface area contributed by atoms with Gasteiger partial charge in [0.1, 0.15) is 17.4 Å². The molecular formula is C17H23N3O6. The van der Waals surface area contributed by atoms with Gasteiger partial charge in [-0.05, 0) is 39.7 Å². The summed E-state index contributed by atoms with van der Waals surface area (Å²) in [5, 5.41) is 13.6. The Morgan fingerprint density at radius 3 is 2.62 bits per heavy atom. The maximum Gasteiger partial charge on any atom is 0.410 e. The largest absolute Gasteiger partial charge is 0.495 e. The Bertz CT molecular complexity index is 713. The van der Waals surface area contributed by atoms with Gasteiger partial charge in [0.25, 0.3) is 5.69 Å². The second-order valence-electron chi connectivity index (χ2n) is 6.96. The van der Waals surface area contributed by atoms with Crippen LogP contribution in [0.3, 0.4) is 0 Å². The molecule has 1 aliphatic rings. The molecule has 1 aromatic rings. The molecule has 9 heteroatoms. The topological polar surface area (TPSA) is 111 Å². The molecule has 142 valence electrons. The van der Waals surface area contributed by atoms with Crippen molar-refractivity contribution in [3.63, 3.8) is 0 Å². The van der Waals surface area contributed by atoms with Crippen LogP contribution in [0.4, 0.5) is 16.2 Å². The highest BCUT2D eigenvalue weighted by atomic mass is 16.6. The van der Waals surface area contributed by atoms with Gasteiger partial charge < -0.3 is 14.8 Å². The minimum absolute atomic E-state index is 0.170. The van der Waals surface area contributed by atoms with E-state index in [0.717, 1.165) is 0 Å². The van der Waals surface area contributed by atoms with Gasteiger partial charge in [0.2, 0.25) is 5.91 Å². The summed E-state index contributed by atoms with van der Waals surface area (Å²) in [7, 11) is 1.40. The van der Waals surface area contributed by atoms with E-state index in [0.29, 0.717) is 25.1 Å². The van der Waals surface area contributed by atoms with E-state index in [1.807, 2.05) is 0 Å². The highest BCUT2D eigenvalue weighted by Crippen LogP contribution is 2.30. The van der Waals surface area contributed by atoms with Gasteiger partial charge in [0.05, 0.1) is 17.7 Å². The van der Waals surface area contributed by atoms with Crippen LogP contribution in [0.2, 0.25) is 0 Å². The van der Waals surface area contributed by atoms with Gasteiger partial charge in [-0.2, -0.15) is 0 Å². The summed E-state index contributed by atoms with van der Waals surface area (Å²) in [5.41, 5.74) is -0.650. The van der Waals surface area contributed by atoms with E-state index in [-0.39, 0.29) is 11.4 Å². The fraction of sp³-hybridized carbons (Fsp3) is 0.529. The second kappa shape index (κ2) is 7.59. The summed E-state index contributed by atoms with van der Waals surface area (Å²) in [5.74, 6) is -0.141. The quantitative estimate of drug-likeness (QED) is 0.649. The molecular weight excluding hydrogens is 342 g/mol. The molecule has 0 radical (unpaired) electrons. The number of nitro groups is 1. The lowest BCUT2D eigenvalue weighted by Crippen LogP contribution is -2.45. The van der Waals surface area contributed by atoms with Crippen molar-refractivity contribution in [2.24, 2.45) is 0 Å². The molecule has 1 atom stereocenters. The predicted molar refractivity (Wildman–Crippen MR) is 94.2 cm³/mol. The van der Waals surface area contributed by atoms with Crippen molar-refractivity contribution in [2.75, 3.05) is 19.0 Å². The van der Waals surface area contributed by atoms with Gasteiger partial charge in [-0.3, -0.25) is 19.8 Å². The lowest BCUT2D eigenvalue weighted by molar-refractivity contribution is -0.384. The number of non-ortho nitro benzene ring substituents is 1. The maximum absolute atomic E-state index is 12.7. The molecule has 1 heterocycles. The number of anilines is 1. The van der Waals surface area contributed by atoms with Crippen molar-refractivity contribution in [3.8, 4) is 5.75 Å². The Labute approximate surface area is 151 Å². The van der Waals surface area contributed by atoms with Crippen molar-refractivity contribution in [1.82, 2.24) is 4.90 Å². The molecule has 0 bridgehead atoms. The first-order chi connectivity index (χ1) is 12.1. The van der Waals surface area contributed by atoms with Gasteiger partial charge in [0.15, 0.2) is 0 Å². The van der Waals surface area contributed by atoms with Gasteiger partial charge in [0, 0.05) is 18.7 Å². The molecule has 2 amide bonds. The SMILES string of the molecule is COc1ccc([N+](=O)[O-])cc1NC(=O)[C@@H]1CCCN1C(=O)OC(C)(C)C. The normalized spacial score (nSPS) is 16.9. The average Bonchev–Trinajstić information content (AvgIpc) is 3.03. The number of carbonyl (C=O) groups excluding carboxylic acids is 2. The Hall–Kier alpha value is -2.84. The molecule has 0 aromatic heterocycles. The van der Waals surface area contributed by atoms with E-state index < -0.39 is 28.6 Å². The van der Waals surface area contributed by atoms with Gasteiger partial charge in [-0.1, -0.05) is 0 Å². The number of benzene rings is 1. The molecule has 0 aliphatic carbocycles. The molecule has 9 nitrogen and oxygen atoms in total. The van der Waals surface area contributed by atoms with Crippen LogP contribution in [0, 0.1) is 10.1 Å². The highest BCUT2D eigenvalue weighted by Gasteiger charge is 2.37. The maximum atomic E-state index is 12.7. The standard InChI is InChI=1S/C17H23N3O6/c1-17(2,3)26-16(22)19-9-5-6-13(19)15(21)18-12-10-11(20(23)24)7-8-14(12)25-4/h7-8,10,13H,5-6,9H2,1-4H3,(H,18,21)/t13-/m0/s1. The van der Waals surface area contributed by atoms with E-state index >= 15 is 0 Å². The van der Waals surface area contributed by atoms with Gasteiger partial charge >= 0.3 is 6.09 Å². The zero-order valence-corrected chi connectivity index (χ0v) is 15.3. The van der Waals surface area contributed by atoms with E-state index in [2.05, 4.69) is 5.32 Å². The van der Waals surface area contributed by atoms with Crippen LogP contribution in [0.25, 0.3) is 0 Å². The van der Waals surface area contributed by atoms with Crippen LogP contribution in [-0.4, -0.2) is 47.1 Å². The molecule has 0 unspecified atom stereocenters. The Morgan fingerprint density at radius 2 is 2.04 bits per heavy atom. The van der Waals surface area contributed by atoms with Crippen LogP contribution in [-0.2, 0) is 9.53 Å². The number of nitro benzene ring substituents is 1. The number of carbonyl (C=O) groups is 2. The first-order valence-corrected chi connectivity index (χ1v) is 8.25. The number of amides is 2. The highest BCUT2D eigenvalue weighted by molar-refractivity contribution is 5.98. The van der Waals surface area contributed by atoms with E-state index in [9.17, 15) is 19.7 Å². The molecule has 0 saturated carbocycles.